The lowest BCUT2D eigenvalue weighted by atomic mass is 10.1. The number of nitrogens with one attached hydrogen (secondary N) is 1. The number of hydrogen-bond donors (Lipinski definition) is 1. The van der Waals surface area contributed by atoms with Gasteiger partial charge in [-0.15, -0.1) is 0 Å². The average molecular weight is 273 g/mol. The predicted octanol–water partition coefficient (Wildman–Crippen LogP) is 2.68. The van der Waals surface area contributed by atoms with Gasteiger partial charge in [-0.25, -0.2) is 4.98 Å². The molecule has 2 heterocycles. The molecular formula is C13H18F3N3. The Balaban J connectivity index is 2.16. The normalized spacial score (nSPS) is 20.9. The van der Waals surface area contributed by atoms with Crippen LogP contribution < -0.4 is 10.2 Å². The molecule has 1 aromatic heterocycles. The third-order valence-corrected chi connectivity index (χ3v) is 3.48. The van der Waals surface area contributed by atoms with Crippen molar-refractivity contribution >= 4 is 5.82 Å². The van der Waals surface area contributed by atoms with Gasteiger partial charge in [-0.05, 0) is 44.5 Å². The highest BCUT2D eigenvalue weighted by molar-refractivity contribution is 5.40. The van der Waals surface area contributed by atoms with E-state index in [1.54, 1.807) is 6.07 Å². The van der Waals surface area contributed by atoms with Gasteiger partial charge in [0, 0.05) is 13.1 Å². The Kier molecular flexibility index (Phi) is 4.29. The molecule has 0 aromatic carbocycles. The minimum Gasteiger partial charge on any atom is -0.357 e. The van der Waals surface area contributed by atoms with E-state index in [0.717, 1.165) is 38.4 Å². The molecule has 2 rings (SSSR count). The zero-order valence-electron chi connectivity index (χ0n) is 10.9. The Hall–Kier alpha value is -1.30. The zero-order chi connectivity index (χ0) is 13.9. The minimum absolute atomic E-state index is 0.242. The summed E-state index contributed by atoms with van der Waals surface area (Å²) in [4.78, 5) is 5.59. The number of alkyl halides is 3. The van der Waals surface area contributed by atoms with Crippen LogP contribution in [-0.2, 0) is 6.18 Å². The number of anilines is 1. The predicted molar refractivity (Wildman–Crippen MR) is 68.2 cm³/mol. The fraction of sp³-hybridized carbons (Fsp3) is 0.615. The first-order valence-electron chi connectivity index (χ1n) is 6.46. The summed E-state index contributed by atoms with van der Waals surface area (Å²) in [5, 5.41) is 3.29. The van der Waals surface area contributed by atoms with Gasteiger partial charge in [0.2, 0.25) is 0 Å². The summed E-state index contributed by atoms with van der Waals surface area (Å²) in [6, 6.07) is 4.29. The lowest BCUT2D eigenvalue weighted by Crippen LogP contribution is -2.33. The molecule has 3 nitrogen and oxygen atoms in total. The average Bonchev–Trinajstić information content (AvgIpc) is 2.66. The van der Waals surface area contributed by atoms with E-state index in [4.69, 9.17) is 0 Å². The van der Waals surface area contributed by atoms with Crippen LogP contribution in [0.5, 0.6) is 0 Å². The van der Waals surface area contributed by atoms with Crippen LogP contribution in [0.4, 0.5) is 19.0 Å². The second-order valence-electron chi connectivity index (χ2n) is 4.82. The fourth-order valence-corrected chi connectivity index (χ4v) is 2.35. The molecule has 0 saturated carbocycles. The lowest BCUT2D eigenvalue weighted by molar-refractivity contribution is -0.141. The molecule has 0 radical (unpaired) electrons. The van der Waals surface area contributed by atoms with Crippen molar-refractivity contribution in [2.24, 2.45) is 0 Å². The van der Waals surface area contributed by atoms with E-state index in [9.17, 15) is 13.2 Å². The molecule has 1 N–H and O–H groups in total. The van der Waals surface area contributed by atoms with Crippen molar-refractivity contribution in [3.05, 3.63) is 23.9 Å². The molecule has 1 fully saturated rings. The van der Waals surface area contributed by atoms with Crippen LogP contribution in [0, 0.1) is 0 Å². The van der Waals surface area contributed by atoms with Crippen LogP contribution >= 0.6 is 0 Å². The molecule has 0 spiro atoms. The first-order valence-corrected chi connectivity index (χ1v) is 6.46. The van der Waals surface area contributed by atoms with Crippen molar-refractivity contribution in [2.75, 3.05) is 25.0 Å². The van der Waals surface area contributed by atoms with Crippen LogP contribution in [0.1, 0.15) is 25.0 Å². The maximum Gasteiger partial charge on any atom is 0.433 e. The van der Waals surface area contributed by atoms with Gasteiger partial charge >= 0.3 is 6.18 Å². The van der Waals surface area contributed by atoms with Crippen molar-refractivity contribution < 1.29 is 13.2 Å². The van der Waals surface area contributed by atoms with E-state index >= 15 is 0 Å². The molecule has 1 aliphatic heterocycles. The number of hydrogen-bond acceptors (Lipinski definition) is 3. The molecule has 1 saturated heterocycles. The fourth-order valence-electron chi connectivity index (χ4n) is 2.35. The highest BCUT2D eigenvalue weighted by atomic mass is 19.4. The number of nitrogens with zero attached hydrogens (tertiary/aromatic N) is 2. The highest BCUT2D eigenvalue weighted by Crippen LogP contribution is 2.29. The van der Waals surface area contributed by atoms with Gasteiger partial charge in [0.15, 0.2) is 0 Å². The Morgan fingerprint density at radius 2 is 2.05 bits per heavy atom. The molecule has 1 aromatic rings. The van der Waals surface area contributed by atoms with Crippen LogP contribution in [0.3, 0.4) is 0 Å². The second kappa shape index (κ2) is 5.77. The van der Waals surface area contributed by atoms with Crippen LogP contribution in [0.2, 0.25) is 0 Å². The van der Waals surface area contributed by atoms with Crippen molar-refractivity contribution in [3.8, 4) is 0 Å². The maximum atomic E-state index is 12.6. The van der Waals surface area contributed by atoms with Gasteiger partial charge in [-0.1, -0.05) is 6.07 Å². The van der Waals surface area contributed by atoms with Gasteiger partial charge < -0.3 is 10.2 Å². The number of rotatable bonds is 2. The van der Waals surface area contributed by atoms with Crippen molar-refractivity contribution in [1.82, 2.24) is 10.3 Å². The van der Waals surface area contributed by atoms with Crippen LogP contribution in [0.15, 0.2) is 18.2 Å². The molecule has 19 heavy (non-hydrogen) atoms. The summed E-state index contributed by atoms with van der Waals surface area (Å²) in [5.41, 5.74) is -0.830. The van der Waals surface area contributed by atoms with E-state index in [0.29, 0.717) is 5.82 Å². The van der Waals surface area contributed by atoms with Gasteiger partial charge in [-0.3, -0.25) is 0 Å². The Morgan fingerprint density at radius 1 is 1.26 bits per heavy atom. The zero-order valence-corrected chi connectivity index (χ0v) is 10.9. The van der Waals surface area contributed by atoms with E-state index in [2.05, 4.69) is 10.3 Å². The van der Waals surface area contributed by atoms with Gasteiger partial charge in [-0.2, -0.15) is 13.2 Å². The van der Waals surface area contributed by atoms with Gasteiger partial charge in [0.1, 0.15) is 11.5 Å². The van der Waals surface area contributed by atoms with Gasteiger partial charge in [0.25, 0.3) is 0 Å². The molecule has 6 heteroatoms. The monoisotopic (exact) mass is 273 g/mol. The summed E-state index contributed by atoms with van der Waals surface area (Å²) in [6.07, 6.45) is -1.45. The molecular weight excluding hydrogens is 255 g/mol. The SMILES string of the molecule is CN(c1cccc(C(F)(F)F)n1)C1CCCNCC1. The Bertz CT molecular complexity index is 412. The molecule has 0 amide bonds. The van der Waals surface area contributed by atoms with Crippen molar-refractivity contribution in [3.63, 3.8) is 0 Å². The third kappa shape index (κ3) is 3.59. The maximum absolute atomic E-state index is 12.6. The minimum atomic E-state index is -4.39. The lowest BCUT2D eigenvalue weighted by Gasteiger charge is -2.28. The molecule has 1 unspecified atom stereocenters. The summed E-state index contributed by atoms with van der Waals surface area (Å²) >= 11 is 0. The molecule has 0 bridgehead atoms. The Labute approximate surface area is 110 Å². The number of pyridine rings is 1. The number of aromatic nitrogens is 1. The van der Waals surface area contributed by atoms with Crippen molar-refractivity contribution in [2.45, 2.75) is 31.5 Å². The topological polar surface area (TPSA) is 28.2 Å². The largest absolute Gasteiger partial charge is 0.433 e. The second-order valence-corrected chi connectivity index (χ2v) is 4.82. The summed E-state index contributed by atoms with van der Waals surface area (Å²) in [7, 11) is 1.82. The Morgan fingerprint density at radius 3 is 2.79 bits per heavy atom. The summed E-state index contributed by atoms with van der Waals surface area (Å²) in [6.45, 7) is 1.87. The first kappa shape index (κ1) is 14.1. The van der Waals surface area contributed by atoms with E-state index in [1.807, 2.05) is 11.9 Å². The summed E-state index contributed by atoms with van der Waals surface area (Å²) < 4.78 is 37.9. The van der Waals surface area contributed by atoms with E-state index < -0.39 is 11.9 Å². The standard InChI is InChI=1S/C13H18F3N3/c1-19(10-4-3-8-17-9-7-10)12-6-2-5-11(18-12)13(14,15)16/h2,5-6,10,17H,3-4,7-9H2,1H3. The first-order chi connectivity index (χ1) is 8.98. The van der Waals surface area contributed by atoms with Crippen LogP contribution in [-0.4, -0.2) is 31.2 Å². The van der Waals surface area contributed by atoms with Gasteiger partial charge in [0.05, 0.1) is 0 Å². The molecule has 1 atom stereocenters. The quantitative estimate of drug-likeness (QED) is 0.898. The molecule has 106 valence electrons. The highest BCUT2D eigenvalue weighted by Gasteiger charge is 2.33. The molecule has 0 aliphatic carbocycles. The summed E-state index contributed by atoms with van der Waals surface area (Å²) in [5.74, 6) is 0.390. The molecule has 1 aliphatic rings. The van der Waals surface area contributed by atoms with E-state index in [1.165, 1.54) is 6.07 Å². The van der Waals surface area contributed by atoms with Crippen molar-refractivity contribution in [1.29, 1.82) is 0 Å². The number of halogens is 3. The van der Waals surface area contributed by atoms with E-state index in [-0.39, 0.29) is 6.04 Å². The van der Waals surface area contributed by atoms with Crippen LogP contribution in [0.25, 0.3) is 0 Å². The third-order valence-electron chi connectivity index (χ3n) is 3.48. The smallest absolute Gasteiger partial charge is 0.357 e.